The van der Waals surface area contributed by atoms with E-state index in [1.807, 2.05) is 30.3 Å². The molecule has 0 saturated carbocycles. The maximum absolute atomic E-state index is 9.10. The quantitative estimate of drug-likeness (QED) is 0.275. The number of benzene rings is 5. The smallest absolute Gasteiger partial charge is 0.135 e. The van der Waals surface area contributed by atoms with Crippen molar-refractivity contribution in [2.24, 2.45) is 0 Å². The summed E-state index contributed by atoms with van der Waals surface area (Å²) in [6.07, 6.45) is 0. The van der Waals surface area contributed by atoms with Crippen LogP contribution in [-0.4, -0.2) is 4.57 Å². The summed E-state index contributed by atoms with van der Waals surface area (Å²) < 4.78 is 8.50. The summed E-state index contributed by atoms with van der Waals surface area (Å²) in [4.78, 5) is 0. The predicted octanol–water partition coefficient (Wildman–Crippen LogP) is 8.22. The van der Waals surface area contributed by atoms with E-state index in [0.29, 0.717) is 5.56 Å². The van der Waals surface area contributed by atoms with Gasteiger partial charge in [-0.3, -0.25) is 0 Å². The molecule has 34 heavy (non-hydrogen) atoms. The Kier molecular flexibility index (Phi) is 3.91. The van der Waals surface area contributed by atoms with E-state index in [1.165, 1.54) is 21.8 Å². The van der Waals surface area contributed by atoms with Crippen molar-refractivity contribution in [1.29, 1.82) is 5.26 Å². The molecule has 0 unspecified atom stereocenters. The Morgan fingerprint density at radius 3 is 1.82 bits per heavy atom. The first-order valence-corrected chi connectivity index (χ1v) is 11.3. The molecule has 3 nitrogen and oxygen atoms in total. The van der Waals surface area contributed by atoms with Gasteiger partial charge >= 0.3 is 0 Å². The Hall–Kier alpha value is -4.81. The number of nitrogens with zero attached hydrogens (tertiary/aromatic N) is 2. The van der Waals surface area contributed by atoms with E-state index >= 15 is 0 Å². The van der Waals surface area contributed by atoms with Gasteiger partial charge < -0.3 is 8.98 Å². The normalized spacial score (nSPS) is 11.5. The van der Waals surface area contributed by atoms with Crippen LogP contribution in [0.25, 0.3) is 60.6 Å². The molecule has 7 aromatic rings. The molecule has 0 aliphatic rings. The van der Waals surface area contributed by atoms with Gasteiger partial charge in [-0.25, -0.2) is 0 Å². The van der Waals surface area contributed by atoms with Gasteiger partial charge in [0, 0.05) is 27.2 Å². The first-order valence-electron chi connectivity index (χ1n) is 11.3. The molecular weight excluding hydrogens is 416 g/mol. The summed E-state index contributed by atoms with van der Waals surface area (Å²) in [6, 6.07) is 39.7. The maximum atomic E-state index is 9.10. The summed E-state index contributed by atoms with van der Waals surface area (Å²) in [7, 11) is 0. The topological polar surface area (TPSA) is 41.9 Å². The molecule has 0 amide bonds. The maximum Gasteiger partial charge on any atom is 0.135 e. The summed E-state index contributed by atoms with van der Waals surface area (Å²) >= 11 is 0. The zero-order valence-electron chi connectivity index (χ0n) is 18.2. The Balaban J connectivity index is 1.47. The van der Waals surface area contributed by atoms with Crippen LogP contribution in [-0.2, 0) is 0 Å². The zero-order valence-corrected chi connectivity index (χ0v) is 18.2. The molecule has 0 saturated heterocycles. The number of nitriles is 1. The summed E-state index contributed by atoms with van der Waals surface area (Å²) in [6.45, 7) is 0. The van der Waals surface area contributed by atoms with Crippen LogP contribution in [0, 0.1) is 11.3 Å². The molecule has 0 atom stereocenters. The van der Waals surface area contributed by atoms with Gasteiger partial charge in [0.2, 0.25) is 0 Å². The van der Waals surface area contributed by atoms with Crippen molar-refractivity contribution in [3.8, 4) is 22.9 Å². The van der Waals surface area contributed by atoms with Gasteiger partial charge in [-0.15, -0.1) is 0 Å². The second-order valence-electron chi connectivity index (χ2n) is 8.55. The van der Waals surface area contributed by atoms with Crippen molar-refractivity contribution in [3.05, 3.63) is 115 Å². The summed E-state index contributed by atoms with van der Waals surface area (Å²) in [5.41, 5.74) is 8.06. The fourth-order valence-electron chi connectivity index (χ4n) is 5.02. The average Bonchev–Trinajstić information content (AvgIpc) is 3.43. The first kappa shape index (κ1) is 18.7. The van der Waals surface area contributed by atoms with Crippen LogP contribution in [0.15, 0.2) is 114 Å². The Morgan fingerprint density at radius 2 is 1.15 bits per heavy atom. The highest BCUT2D eigenvalue weighted by atomic mass is 16.3. The van der Waals surface area contributed by atoms with Crippen molar-refractivity contribution in [3.63, 3.8) is 0 Å². The molecule has 0 spiro atoms. The fraction of sp³-hybridized carbons (Fsp3) is 0. The molecule has 0 radical (unpaired) electrons. The Morgan fingerprint density at radius 1 is 0.559 bits per heavy atom. The third kappa shape index (κ3) is 2.69. The third-order valence-electron chi connectivity index (χ3n) is 6.64. The van der Waals surface area contributed by atoms with E-state index in [0.717, 1.165) is 38.8 Å². The molecule has 0 aliphatic carbocycles. The molecule has 7 rings (SSSR count). The number of hydrogen-bond acceptors (Lipinski definition) is 2. The highest BCUT2D eigenvalue weighted by Gasteiger charge is 2.14. The predicted molar refractivity (Wildman–Crippen MR) is 138 cm³/mol. The second kappa shape index (κ2) is 7.10. The van der Waals surface area contributed by atoms with Crippen LogP contribution in [0.1, 0.15) is 5.56 Å². The zero-order chi connectivity index (χ0) is 22.6. The Labute approximate surface area is 195 Å². The van der Waals surface area contributed by atoms with Crippen LogP contribution < -0.4 is 0 Å². The van der Waals surface area contributed by atoms with Crippen molar-refractivity contribution in [1.82, 2.24) is 4.57 Å². The highest BCUT2D eigenvalue weighted by Crippen LogP contribution is 2.36. The van der Waals surface area contributed by atoms with E-state index in [4.69, 9.17) is 9.68 Å². The van der Waals surface area contributed by atoms with Crippen LogP contribution >= 0.6 is 0 Å². The van der Waals surface area contributed by atoms with E-state index in [-0.39, 0.29) is 0 Å². The molecular formula is C31H18N2O. The van der Waals surface area contributed by atoms with Gasteiger partial charge in [0.15, 0.2) is 0 Å². The first-order chi connectivity index (χ1) is 16.8. The van der Waals surface area contributed by atoms with E-state index in [9.17, 15) is 0 Å². The molecule has 0 N–H and O–H groups in total. The number of hydrogen-bond donors (Lipinski definition) is 0. The minimum atomic E-state index is 0.661. The average molecular weight is 434 g/mol. The number of furan rings is 1. The second-order valence-corrected chi connectivity index (χ2v) is 8.55. The lowest BCUT2D eigenvalue weighted by Crippen LogP contribution is -1.93. The molecule has 2 heterocycles. The van der Waals surface area contributed by atoms with Crippen LogP contribution in [0.5, 0.6) is 0 Å². The molecule has 2 aromatic heterocycles. The fourth-order valence-corrected chi connectivity index (χ4v) is 5.02. The molecule has 0 aliphatic heterocycles. The van der Waals surface area contributed by atoms with Gasteiger partial charge in [-0.2, -0.15) is 5.26 Å². The van der Waals surface area contributed by atoms with E-state index in [1.54, 1.807) is 0 Å². The SMILES string of the molecule is N#Cc1ccc(-c2ccc3oc4ccc(-n5c6ccccc6c6ccccc65)cc4c3c2)cc1. The molecule has 5 aromatic carbocycles. The number of aromatic nitrogens is 1. The van der Waals surface area contributed by atoms with Crippen molar-refractivity contribution in [2.75, 3.05) is 0 Å². The van der Waals surface area contributed by atoms with Crippen LogP contribution in [0.4, 0.5) is 0 Å². The molecule has 3 heteroatoms. The van der Waals surface area contributed by atoms with Crippen LogP contribution in [0.3, 0.4) is 0 Å². The lowest BCUT2D eigenvalue weighted by Gasteiger charge is -2.08. The van der Waals surface area contributed by atoms with Gasteiger partial charge in [0.1, 0.15) is 11.2 Å². The van der Waals surface area contributed by atoms with Gasteiger partial charge in [-0.1, -0.05) is 54.6 Å². The monoisotopic (exact) mass is 434 g/mol. The van der Waals surface area contributed by atoms with Gasteiger partial charge in [0.05, 0.1) is 22.7 Å². The highest BCUT2D eigenvalue weighted by molar-refractivity contribution is 6.10. The largest absolute Gasteiger partial charge is 0.456 e. The number of rotatable bonds is 2. The van der Waals surface area contributed by atoms with Crippen molar-refractivity contribution in [2.45, 2.75) is 0 Å². The lowest BCUT2D eigenvalue weighted by molar-refractivity contribution is 0.669. The molecule has 0 fully saturated rings. The standard InChI is InChI=1S/C31H18N2O/c32-19-20-9-11-21(12-10-20)22-13-15-30-26(17-22)27-18-23(14-16-31(27)34-30)33-28-7-3-1-5-24(28)25-6-2-4-8-29(25)33/h1-18H. The number of para-hydroxylation sites is 2. The van der Waals surface area contributed by atoms with Gasteiger partial charge in [-0.05, 0) is 65.7 Å². The molecule has 0 bridgehead atoms. The van der Waals surface area contributed by atoms with Gasteiger partial charge in [0.25, 0.3) is 0 Å². The van der Waals surface area contributed by atoms with Crippen LogP contribution in [0.2, 0.25) is 0 Å². The summed E-state index contributed by atoms with van der Waals surface area (Å²) in [5, 5.41) is 13.8. The summed E-state index contributed by atoms with van der Waals surface area (Å²) in [5.74, 6) is 0. The van der Waals surface area contributed by atoms with Crippen molar-refractivity contribution < 1.29 is 4.42 Å². The third-order valence-corrected chi connectivity index (χ3v) is 6.64. The Bertz CT molecular complexity index is 1860. The van der Waals surface area contributed by atoms with E-state index < -0.39 is 0 Å². The minimum absolute atomic E-state index is 0.661. The molecule has 158 valence electrons. The van der Waals surface area contributed by atoms with Crippen molar-refractivity contribution >= 4 is 43.7 Å². The lowest BCUT2D eigenvalue weighted by atomic mass is 10.0. The van der Waals surface area contributed by atoms with E-state index in [2.05, 4.69) is 89.5 Å². The number of fused-ring (bicyclic) bond motifs is 6. The minimum Gasteiger partial charge on any atom is -0.456 e.